The first-order valence-electron chi connectivity index (χ1n) is 6.04. The van der Waals surface area contributed by atoms with E-state index >= 15 is 0 Å². The molecule has 0 saturated heterocycles. The van der Waals surface area contributed by atoms with Gasteiger partial charge in [0.05, 0.1) is 0 Å². The van der Waals surface area contributed by atoms with E-state index < -0.39 is 0 Å². The van der Waals surface area contributed by atoms with E-state index in [4.69, 9.17) is 11.6 Å². The summed E-state index contributed by atoms with van der Waals surface area (Å²) in [6.07, 6.45) is 6.76. The van der Waals surface area contributed by atoms with E-state index in [0.717, 1.165) is 12.4 Å². The van der Waals surface area contributed by atoms with Gasteiger partial charge in [0.15, 0.2) is 0 Å². The van der Waals surface area contributed by atoms with Crippen LogP contribution in [-0.4, -0.2) is 11.5 Å². The third-order valence-electron chi connectivity index (χ3n) is 3.47. The maximum absolute atomic E-state index is 5.85. The maximum Gasteiger partial charge on any atom is 0.131 e. The van der Waals surface area contributed by atoms with E-state index in [1.807, 2.05) is 12.1 Å². The molecular formula is C13H19ClN2. The first-order valence-corrected chi connectivity index (χ1v) is 6.42. The standard InChI is InChI=1S/C13H19ClN2/c1-13(8-3-2-4-9-13)10-15-12-7-5-6-11(14)16-12/h5-7H,2-4,8-10H2,1H3,(H,15,16). The predicted molar refractivity (Wildman–Crippen MR) is 68.9 cm³/mol. The largest absolute Gasteiger partial charge is 0.369 e. The maximum atomic E-state index is 5.85. The third kappa shape index (κ3) is 3.11. The van der Waals surface area contributed by atoms with E-state index in [9.17, 15) is 0 Å². The lowest BCUT2D eigenvalue weighted by Crippen LogP contribution is -2.29. The highest BCUT2D eigenvalue weighted by Crippen LogP contribution is 2.35. The summed E-state index contributed by atoms with van der Waals surface area (Å²) >= 11 is 5.85. The molecule has 1 fully saturated rings. The highest BCUT2D eigenvalue weighted by Gasteiger charge is 2.26. The molecule has 1 aromatic heterocycles. The van der Waals surface area contributed by atoms with Crippen LogP contribution in [0.3, 0.4) is 0 Å². The Morgan fingerprint density at radius 3 is 2.75 bits per heavy atom. The van der Waals surface area contributed by atoms with Crippen LogP contribution in [0.25, 0.3) is 0 Å². The molecule has 0 bridgehead atoms. The van der Waals surface area contributed by atoms with Crippen LogP contribution in [0.15, 0.2) is 18.2 Å². The van der Waals surface area contributed by atoms with Crippen molar-refractivity contribution in [1.82, 2.24) is 4.98 Å². The molecule has 1 aliphatic carbocycles. The van der Waals surface area contributed by atoms with Gasteiger partial charge in [-0.3, -0.25) is 0 Å². The van der Waals surface area contributed by atoms with Gasteiger partial charge in [-0.25, -0.2) is 4.98 Å². The van der Waals surface area contributed by atoms with Crippen molar-refractivity contribution >= 4 is 17.4 Å². The SMILES string of the molecule is CC1(CNc2cccc(Cl)n2)CCCCC1. The molecule has 0 radical (unpaired) electrons. The molecule has 0 unspecified atom stereocenters. The Balaban J connectivity index is 1.91. The number of nitrogens with one attached hydrogen (secondary N) is 1. The molecule has 3 heteroatoms. The molecule has 1 aromatic rings. The molecule has 2 rings (SSSR count). The van der Waals surface area contributed by atoms with Crippen LogP contribution in [0, 0.1) is 5.41 Å². The Morgan fingerprint density at radius 2 is 2.06 bits per heavy atom. The zero-order valence-electron chi connectivity index (χ0n) is 9.80. The second kappa shape index (κ2) is 5.05. The lowest BCUT2D eigenvalue weighted by atomic mass is 9.76. The fraction of sp³-hybridized carbons (Fsp3) is 0.615. The molecule has 1 N–H and O–H groups in total. The van der Waals surface area contributed by atoms with Crippen LogP contribution in [0.5, 0.6) is 0 Å². The average Bonchev–Trinajstić information content (AvgIpc) is 2.28. The minimum Gasteiger partial charge on any atom is -0.369 e. The van der Waals surface area contributed by atoms with Gasteiger partial charge in [0.1, 0.15) is 11.0 Å². The fourth-order valence-electron chi connectivity index (χ4n) is 2.39. The van der Waals surface area contributed by atoms with Crippen LogP contribution in [0.4, 0.5) is 5.82 Å². The van der Waals surface area contributed by atoms with Gasteiger partial charge < -0.3 is 5.32 Å². The number of anilines is 1. The molecule has 1 heterocycles. The monoisotopic (exact) mass is 238 g/mol. The number of aromatic nitrogens is 1. The Kier molecular flexibility index (Phi) is 3.70. The number of rotatable bonds is 3. The fourth-order valence-corrected chi connectivity index (χ4v) is 2.56. The van der Waals surface area contributed by atoms with Gasteiger partial charge in [-0.2, -0.15) is 0 Å². The smallest absolute Gasteiger partial charge is 0.131 e. The Hall–Kier alpha value is -0.760. The number of hydrogen-bond acceptors (Lipinski definition) is 2. The van der Waals surface area contributed by atoms with Crippen molar-refractivity contribution in [2.75, 3.05) is 11.9 Å². The summed E-state index contributed by atoms with van der Waals surface area (Å²) in [4.78, 5) is 4.24. The summed E-state index contributed by atoms with van der Waals surface area (Å²) in [5.74, 6) is 0.888. The average molecular weight is 239 g/mol. The first kappa shape index (κ1) is 11.7. The van der Waals surface area contributed by atoms with Crippen molar-refractivity contribution in [3.63, 3.8) is 0 Å². The first-order chi connectivity index (χ1) is 7.68. The molecule has 0 amide bonds. The molecule has 0 aromatic carbocycles. The van der Waals surface area contributed by atoms with Gasteiger partial charge in [-0.1, -0.05) is 43.9 Å². The van der Waals surface area contributed by atoms with Crippen LogP contribution in [0.1, 0.15) is 39.0 Å². The number of halogens is 1. The molecule has 2 nitrogen and oxygen atoms in total. The molecule has 16 heavy (non-hydrogen) atoms. The van der Waals surface area contributed by atoms with Gasteiger partial charge in [0, 0.05) is 6.54 Å². The van der Waals surface area contributed by atoms with Crippen LogP contribution in [-0.2, 0) is 0 Å². The zero-order valence-corrected chi connectivity index (χ0v) is 10.6. The minimum absolute atomic E-state index is 0.433. The van der Waals surface area contributed by atoms with E-state index in [0.29, 0.717) is 10.6 Å². The Bertz CT molecular complexity index is 346. The summed E-state index contributed by atoms with van der Waals surface area (Å²) in [5, 5.41) is 3.95. The number of pyridine rings is 1. The van der Waals surface area contributed by atoms with Gasteiger partial charge in [0.25, 0.3) is 0 Å². The highest BCUT2D eigenvalue weighted by atomic mass is 35.5. The van der Waals surface area contributed by atoms with Crippen LogP contribution in [0.2, 0.25) is 5.15 Å². The van der Waals surface area contributed by atoms with Gasteiger partial charge >= 0.3 is 0 Å². The summed E-state index contributed by atoms with van der Waals surface area (Å²) in [6.45, 7) is 3.37. The lowest BCUT2D eigenvalue weighted by Gasteiger charge is -2.33. The van der Waals surface area contributed by atoms with Crippen molar-refractivity contribution in [1.29, 1.82) is 0 Å². The second-order valence-electron chi connectivity index (χ2n) is 5.07. The number of hydrogen-bond donors (Lipinski definition) is 1. The summed E-state index contributed by atoms with van der Waals surface area (Å²) in [6, 6.07) is 5.70. The quantitative estimate of drug-likeness (QED) is 0.802. The second-order valence-corrected chi connectivity index (χ2v) is 5.46. The molecule has 1 saturated carbocycles. The molecule has 1 aliphatic rings. The summed E-state index contributed by atoms with van der Waals surface area (Å²) in [5.41, 5.74) is 0.433. The lowest BCUT2D eigenvalue weighted by molar-refractivity contribution is 0.233. The summed E-state index contributed by atoms with van der Waals surface area (Å²) in [7, 11) is 0. The Morgan fingerprint density at radius 1 is 1.31 bits per heavy atom. The van der Waals surface area contributed by atoms with E-state index in [1.165, 1.54) is 32.1 Å². The Labute approximate surface area is 102 Å². The molecule has 88 valence electrons. The predicted octanol–water partition coefficient (Wildman–Crippen LogP) is 4.12. The van der Waals surface area contributed by atoms with Crippen molar-refractivity contribution in [2.24, 2.45) is 5.41 Å². The number of nitrogens with zero attached hydrogens (tertiary/aromatic N) is 1. The highest BCUT2D eigenvalue weighted by molar-refractivity contribution is 6.29. The molecule has 0 aliphatic heterocycles. The third-order valence-corrected chi connectivity index (χ3v) is 3.68. The van der Waals surface area contributed by atoms with Crippen LogP contribution < -0.4 is 5.32 Å². The van der Waals surface area contributed by atoms with Crippen molar-refractivity contribution < 1.29 is 0 Å². The normalized spacial score (nSPS) is 19.4. The molecule has 0 spiro atoms. The van der Waals surface area contributed by atoms with Crippen LogP contribution >= 0.6 is 11.6 Å². The van der Waals surface area contributed by atoms with E-state index in [1.54, 1.807) is 6.07 Å². The van der Waals surface area contributed by atoms with E-state index in [2.05, 4.69) is 17.2 Å². The zero-order chi connectivity index (χ0) is 11.4. The molecule has 0 atom stereocenters. The van der Waals surface area contributed by atoms with Crippen molar-refractivity contribution in [2.45, 2.75) is 39.0 Å². The van der Waals surface area contributed by atoms with Gasteiger partial charge in [0.2, 0.25) is 0 Å². The molecular weight excluding hydrogens is 220 g/mol. The van der Waals surface area contributed by atoms with Crippen molar-refractivity contribution in [3.8, 4) is 0 Å². The minimum atomic E-state index is 0.433. The van der Waals surface area contributed by atoms with Gasteiger partial charge in [-0.05, 0) is 30.4 Å². The topological polar surface area (TPSA) is 24.9 Å². The van der Waals surface area contributed by atoms with Crippen molar-refractivity contribution in [3.05, 3.63) is 23.4 Å². The summed E-state index contributed by atoms with van der Waals surface area (Å²) < 4.78 is 0. The van der Waals surface area contributed by atoms with Gasteiger partial charge in [-0.15, -0.1) is 0 Å². The van der Waals surface area contributed by atoms with E-state index in [-0.39, 0.29) is 0 Å².